The fraction of sp³-hybridized carbons (Fsp3) is 0.304. The minimum absolute atomic E-state index is 0.103. The van der Waals surface area contributed by atoms with Crippen LogP contribution in [0.25, 0.3) is 22.4 Å². The Morgan fingerprint density at radius 1 is 1.07 bits per heavy atom. The second kappa shape index (κ2) is 10.2. The smallest absolute Gasteiger partial charge is 0.224 e. The lowest BCUT2D eigenvalue weighted by molar-refractivity contribution is -0.129. The Bertz CT molecular complexity index is 973. The molecule has 0 aliphatic carbocycles. The fourth-order valence-electron chi connectivity index (χ4n) is 2.99. The van der Waals surface area contributed by atoms with E-state index in [1.807, 2.05) is 44.7 Å². The molecule has 3 rings (SSSR count). The number of benzene rings is 1. The maximum atomic E-state index is 12.3. The number of amides is 1. The van der Waals surface area contributed by atoms with E-state index in [0.29, 0.717) is 25.3 Å². The Kier molecular flexibility index (Phi) is 7.43. The lowest BCUT2D eigenvalue weighted by atomic mass is 10.1. The lowest BCUT2D eigenvalue weighted by Gasteiger charge is -2.20. The molecule has 158 valence electrons. The monoisotopic (exact) mass is 424 g/mol. The number of hydrogen-bond acceptors (Lipinski definition) is 6. The molecule has 0 atom stereocenters. The quantitative estimate of drug-likeness (QED) is 0.543. The number of anilines is 1. The SMILES string of the molecule is CN(C)CCN(C)C(=O)CCNc1cc(-c2ccsc2)cc(-c2cccc(O)c2)n1. The average Bonchev–Trinajstić information content (AvgIpc) is 3.26. The molecule has 1 amide bonds. The molecule has 0 saturated heterocycles. The van der Waals surface area contributed by atoms with Crippen molar-refractivity contribution in [2.75, 3.05) is 46.1 Å². The highest BCUT2D eigenvalue weighted by atomic mass is 32.1. The van der Waals surface area contributed by atoms with Gasteiger partial charge in [0.2, 0.25) is 5.91 Å². The van der Waals surface area contributed by atoms with E-state index in [4.69, 9.17) is 4.98 Å². The molecule has 0 aliphatic heterocycles. The van der Waals surface area contributed by atoms with E-state index in [-0.39, 0.29) is 11.7 Å². The van der Waals surface area contributed by atoms with Crippen molar-refractivity contribution < 1.29 is 9.90 Å². The number of nitrogens with one attached hydrogen (secondary N) is 1. The highest BCUT2D eigenvalue weighted by Crippen LogP contribution is 2.30. The Morgan fingerprint density at radius 2 is 1.90 bits per heavy atom. The summed E-state index contributed by atoms with van der Waals surface area (Å²) in [6.07, 6.45) is 0.399. The van der Waals surface area contributed by atoms with E-state index in [1.165, 1.54) is 0 Å². The number of aromatic nitrogens is 1. The van der Waals surface area contributed by atoms with Crippen LogP contribution in [0.15, 0.2) is 53.2 Å². The number of aromatic hydroxyl groups is 1. The maximum Gasteiger partial charge on any atom is 0.224 e. The minimum atomic E-state index is 0.103. The minimum Gasteiger partial charge on any atom is -0.508 e. The van der Waals surface area contributed by atoms with Gasteiger partial charge in [0, 0.05) is 38.7 Å². The van der Waals surface area contributed by atoms with Gasteiger partial charge in [-0.3, -0.25) is 4.79 Å². The van der Waals surface area contributed by atoms with Crippen molar-refractivity contribution in [3.63, 3.8) is 0 Å². The van der Waals surface area contributed by atoms with Crippen molar-refractivity contribution in [3.05, 3.63) is 53.2 Å². The maximum absolute atomic E-state index is 12.3. The second-order valence-electron chi connectivity index (χ2n) is 7.48. The second-order valence-corrected chi connectivity index (χ2v) is 8.26. The van der Waals surface area contributed by atoms with Crippen molar-refractivity contribution >= 4 is 23.1 Å². The van der Waals surface area contributed by atoms with Gasteiger partial charge in [-0.05, 0) is 66.3 Å². The molecule has 2 N–H and O–H groups in total. The summed E-state index contributed by atoms with van der Waals surface area (Å²) in [6, 6.07) is 13.2. The number of phenols is 1. The summed E-state index contributed by atoms with van der Waals surface area (Å²) in [7, 11) is 5.83. The molecular weight excluding hydrogens is 396 g/mol. The molecule has 0 spiro atoms. The molecule has 6 nitrogen and oxygen atoms in total. The van der Waals surface area contributed by atoms with E-state index >= 15 is 0 Å². The Labute approximate surface area is 181 Å². The fourth-order valence-corrected chi connectivity index (χ4v) is 3.66. The van der Waals surface area contributed by atoms with Gasteiger partial charge in [-0.15, -0.1) is 0 Å². The van der Waals surface area contributed by atoms with Gasteiger partial charge in [-0.1, -0.05) is 12.1 Å². The van der Waals surface area contributed by atoms with Crippen molar-refractivity contribution in [3.8, 4) is 28.1 Å². The molecule has 0 unspecified atom stereocenters. The molecule has 30 heavy (non-hydrogen) atoms. The van der Waals surface area contributed by atoms with Crippen LogP contribution in [0.4, 0.5) is 5.82 Å². The van der Waals surface area contributed by atoms with Gasteiger partial charge in [-0.2, -0.15) is 11.3 Å². The third-order valence-electron chi connectivity index (χ3n) is 4.78. The van der Waals surface area contributed by atoms with Crippen LogP contribution >= 0.6 is 11.3 Å². The number of phenolic OH excluding ortho intramolecular Hbond substituents is 1. The van der Waals surface area contributed by atoms with Gasteiger partial charge < -0.3 is 20.2 Å². The number of pyridine rings is 1. The zero-order chi connectivity index (χ0) is 21.5. The summed E-state index contributed by atoms with van der Waals surface area (Å²) in [4.78, 5) is 20.9. The first-order valence-corrected chi connectivity index (χ1v) is 10.8. The zero-order valence-corrected chi connectivity index (χ0v) is 18.4. The standard InChI is InChI=1S/C23H28N4O2S/c1-26(2)10-11-27(3)23(29)7-9-24-22-15-19(18-8-12-30-16-18)14-21(25-22)17-5-4-6-20(28)13-17/h4-6,8,12-16,28H,7,9-11H2,1-3H3,(H,24,25). The number of rotatable bonds is 9. The van der Waals surface area contributed by atoms with E-state index in [0.717, 1.165) is 28.9 Å². The van der Waals surface area contributed by atoms with Gasteiger partial charge in [-0.25, -0.2) is 4.98 Å². The highest BCUT2D eigenvalue weighted by Gasteiger charge is 2.11. The molecule has 0 saturated carbocycles. The molecule has 0 fully saturated rings. The predicted octanol–water partition coefficient (Wildman–Crippen LogP) is 4.00. The zero-order valence-electron chi connectivity index (χ0n) is 17.6. The number of carbonyl (C=O) groups is 1. The third kappa shape index (κ3) is 6.05. The van der Waals surface area contributed by atoms with Gasteiger partial charge in [0.25, 0.3) is 0 Å². The van der Waals surface area contributed by atoms with Crippen molar-refractivity contribution in [1.29, 1.82) is 0 Å². The molecule has 0 radical (unpaired) electrons. The number of nitrogens with zero attached hydrogens (tertiary/aromatic N) is 3. The summed E-state index contributed by atoms with van der Waals surface area (Å²) in [6.45, 7) is 2.05. The van der Waals surface area contributed by atoms with Crippen LogP contribution in [-0.4, -0.2) is 66.6 Å². The van der Waals surface area contributed by atoms with Gasteiger partial charge in [0.1, 0.15) is 11.6 Å². The molecular formula is C23H28N4O2S. The van der Waals surface area contributed by atoms with Crippen LogP contribution in [0.3, 0.4) is 0 Å². The summed E-state index contributed by atoms with van der Waals surface area (Å²) >= 11 is 1.64. The number of thiophene rings is 1. The molecule has 1 aromatic carbocycles. The first kappa shape index (κ1) is 21.8. The van der Waals surface area contributed by atoms with Crippen LogP contribution in [0.2, 0.25) is 0 Å². The first-order valence-electron chi connectivity index (χ1n) is 9.89. The van der Waals surface area contributed by atoms with Gasteiger partial charge >= 0.3 is 0 Å². The van der Waals surface area contributed by atoms with Gasteiger partial charge in [0.05, 0.1) is 5.69 Å². The molecule has 0 aliphatic rings. The Morgan fingerprint density at radius 3 is 2.60 bits per heavy atom. The van der Waals surface area contributed by atoms with Crippen molar-refractivity contribution in [2.24, 2.45) is 0 Å². The average molecular weight is 425 g/mol. The summed E-state index contributed by atoms with van der Waals surface area (Å²) < 4.78 is 0. The molecule has 2 heterocycles. The van der Waals surface area contributed by atoms with E-state index in [9.17, 15) is 9.90 Å². The largest absolute Gasteiger partial charge is 0.508 e. The molecule has 3 aromatic rings. The molecule has 2 aromatic heterocycles. The van der Waals surface area contributed by atoms with Crippen molar-refractivity contribution in [2.45, 2.75) is 6.42 Å². The predicted molar refractivity (Wildman–Crippen MR) is 124 cm³/mol. The third-order valence-corrected chi connectivity index (χ3v) is 5.46. The van der Waals surface area contributed by atoms with Crippen LogP contribution < -0.4 is 5.32 Å². The Balaban J connectivity index is 1.73. The first-order chi connectivity index (χ1) is 14.4. The van der Waals surface area contributed by atoms with Crippen LogP contribution in [0.5, 0.6) is 5.75 Å². The van der Waals surface area contributed by atoms with Crippen LogP contribution in [-0.2, 0) is 4.79 Å². The molecule has 0 bridgehead atoms. The summed E-state index contributed by atoms with van der Waals surface area (Å²) in [5.41, 5.74) is 3.77. The lowest BCUT2D eigenvalue weighted by Crippen LogP contribution is -2.34. The number of hydrogen-bond donors (Lipinski definition) is 2. The molecule has 7 heteroatoms. The van der Waals surface area contributed by atoms with Gasteiger partial charge in [0.15, 0.2) is 0 Å². The topological polar surface area (TPSA) is 68.7 Å². The van der Waals surface area contributed by atoms with Crippen LogP contribution in [0, 0.1) is 0 Å². The number of likely N-dealkylation sites (N-methyl/N-ethyl adjacent to an activating group) is 2. The van der Waals surface area contributed by atoms with Crippen molar-refractivity contribution in [1.82, 2.24) is 14.8 Å². The Hall–Kier alpha value is -2.90. The number of carbonyl (C=O) groups excluding carboxylic acids is 1. The van der Waals surface area contributed by atoms with E-state index in [1.54, 1.807) is 34.4 Å². The summed E-state index contributed by atoms with van der Waals surface area (Å²) in [5.74, 6) is 1.02. The van der Waals surface area contributed by atoms with Crippen LogP contribution in [0.1, 0.15) is 6.42 Å². The van der Waals surface area contributed by atoms with E-state index in [2.05, 4.69) is 21.7 Å². The highest BCUT2D eigenvalue weighted by molar-refractivity contribution is 7.08. The normalized spacial score (nSPS) is 10.9. The summed E-state index contributed by atoms with van der Waals surface area (Å²) in [5, 5.41) is 17.3. The van der Waals surface area contributed by atoms with E-state index < -0.39 is 0 Å².